The van der Waals surface area contributed by atoms with Crippen molar-refractivity contribution in [1.82, 2.24) is 4.90 Å². The molecule has 0 radical (unpaired) electrons. The van der Waals surface area contributed by atoms with Crippen molar-refractivity contribution < 1.29 is 27.4 Å². The highest BCUT2D eigenvalue weighted by molar-refractivity contribution is 5.77. The van der Waals surface area contributed by atoms with Crippen molar-refractivity contribution in [1.29, 1.82) is 0 Å². The average Bonchev–Trinajstić information content (AvgIpc) is 2.43. The molecule has 0 bridgehead atoms. The number of likely N-dealkylation sites (N-methyl/N-ethyl adjacent to an activating group) is 1. The van der Waals surface area contributed by atoms with Crippen LogP contribution >= 0.6 is 0 Å². The second-order valence-electron chi connectivity index (χ2n) is 4.22. The van der Waals surface area contributed by atoms with E-state index in [1.807, 2.05) is 6.92 Å². The Morgan fingerprint density at radius 2 is 1.62 bits per heavy atom. The summed E-state index contributed by atoms with van der Waals surface area (Å²) in [5, 5.41) is 0. The van der Waals surface area contributed by atoms with Crippen molar-refractivity contribution in [3.63, 3.8) is 0 Å². The van der Waals surface area contributed by atoms with E-state index < -0.39 is 25.2 Å². The average molecular weight is 305 g/mol. The van der Waals surface area contributed by atoms with E-state index in [1.54, 1.807) is 24.3 Å². The second-order valence-corrected chi connectivity index (χ2v) is 4.22. The molecule has 0 fully saturated rings. The number of carbonyl (C=O) groups is 1. The summed E-state index contributed by atoms with van der Waals surface area (Å²) in [5.41, 5.74) is 0. The Morgan fingerprint density at radius 1 is 1.10 bits per heavy atom. The first kappa shape index (κ1) is 17.1. The van der Waals surface area contributed by atoms with E-state index in [-0.39, 0.29) is 6.54 Å². The van der Waals surface area contributed by atoms with Crippen LogP contribution in [0.3, 0.4) is 0 Å². The van der Waals surface area contributed by atoms with E-state index >= 15 is 0 Å². The fourth-order valence-corrected chi connectivity index (χ4v) is 1.63. The molecule has 0 saturated carbocycles. The maximum absolute atomic E-state index is 12.3. The highest BCUT2D eigenvalue weighted by Gasteiger charge is 2.32. The van der Waals surface area contributed by atoms with Gasteiger partial charge in [0.25, 0.3) is 5.91 Å². The topological polar surface area (TPSA) is 38.8 Å². The largest absolute Gasteiger partial charge is 0.494 e. The van der Waals surface area contributed by atoms with Gasteiger partial charge in [-0.05, 0) is 38.1 Å². The van der Waals surface area contributed by atoms with E-state index in [2.05, 4.69) is 0 Å². The predicted octanol–water partition coefficient (Wildman–Crippen LogP) is 2.87. The van der Waals surface area contributed by atoms with Gasteiger partial charge in [-0.2, -0.15) is 13.2 Å². The summed E-state index contributed by atoms with van der Waals surface area (Å²) in [6, 6.07) is 6.52. The molecule has 0 aliphatic heterocycles. The highest BCUT2D eigenvalue weighted by atomic mass is 19.4. The summed E-state index contributed by atoms with van der Waals surface area (Å²) in [4.78, 5) is 12.4. The van der Waals surface area contributed by atoms with Crippen molar-refractivity contribution in [2.75, 3.05) is 26.3 Å². The molecule has 1 rings (SSSR count). The van der Waals surface area contributed by atoms with Crippen LogP contribution in [-0.2, 0) is 4.79 Å². The molecule has 0 aromatic heterocycles. The standard InChI is InChI=1S/C14H18F3NO3/c1-3-18(10-14(15,16)17)13(19)9-21-12-7-5-11(6-8-12)20-4-2/h5-8H,3-4,9-10H2,1-2H3. The lowest BCUT2D eigenvalue weighted by atomic mass is 10.3. The molecule has 0 unspecified atom stereocenters. The molecule has 21 heavy (non-hydrogen) atoms. The van der Waals surface area contributed by atoms with Crippen LogP contribution in [0.1, 0.15) is 13.8 Å². The van der Waals surface area contributed by atoms with E-state index in [4.69, 9.17) is 9.47 Å². The minimum atomic E-state index is -4.41. The SMILES string of the molecule is CCOc1ccc(OCC(=O)N(CC)CC(F)(F)F)cc1. The van der Waals surface area contributed by atoms with Crippen molar-refractivity contribution >= 4 is 5.91 Å². The third kappa shape index (κ3) is 6.37. The van der Waals surface area contributed by atoms with Gasteiger partial charge in [-0.1, -0.05) is 0 Å². The second kappa shape index (κ2) is 7.75. The van der Waals surface area contributed by atoms with Gasteiger partial charge >= 0.3 is 6.18 Å². The fraction of sp³-hybridized carbons (Fsp3) is 0.500. The lowest BCUT2D eigenvalue weighted by Crippen LogP contribution is -2.41. The first-order valence-corrected chi connectivity index (χ1v) is 6.56. The minimum absolute atomic E-state index is 0.0228. The van der Waals surface area contributed by atoms with Crippen molar-refractivity contribution in [2.24, 2.45) is 0 Å². The zero-order valence-corrected chi connectivity index (χ0v) is 11.9. The fourth-order valence-electron chi connectivity index (χ4n) is 1.63. The number of nitrogens with zero attached hydrogens (tertiary/aromatic N) is 1. The van der Waals surface area contributed by atoms with Gasteiger partial charge in [-0.25, -0.2) is 0 Å². The summed E-state index contributed by atoms with van der Waals surface area (Å²) in [5.74, 6) is 0.349. The maximum atomic E-state index is 12.3. The van der Waals surface area contributed by atoms with Gasteiger partial charge < -0.3 is 14.4 Å². The summed E-state index contributed by atoms with van der Waals surface area (Å²) in [6.45, 7) is 2.14. The number of hydrogen-bond acceptors (Lipinski definition) is 3. The van der Waals surface area contributed by atoms with Gasteiger partial charge in [0.1, 0.15) is 18.0 Å². The number of amides is 1. The molecule has 0 saturated heterocycles. The smallest absolute Gasteiger partial charge is 0.406 e. The van der Waals surface area contributed by atoms with Crippen LogP contribution in [0.4, 0.5) is 13.2 Å². The van der Waals surface area contributed by atoms with Gasteiger partial charge in [-0.3, -0.25) is 4.79 Å². The van der Waals surface area contributed by atoms with Gasteiger partial charge in [0.05, 0.1) is 6.61 Å². The molecule has 0 heterocycles. The van der Waals surface area contributed by atoms with Crippen molar-refractivity contribution in [3.05, 3.63) is 24.3 Å². The molecule has 1 aromatic rings. The molecule has 0 atom stereocenters. The quantitative estimate of drug-likeness (QED) is 0.777. The predicted molar refractivity (Wildman–Crippen MR) is 71.4 cm³/mol. The van der Waals surface area contributed by atoms with Crippen LogP contribution in [0.2, 0.25) is 0 Å². The molecule has 7 heteroatoms. The molecule has 1 amide bonds. The third-order valence-electron chi connectivity index (χ3n) is 2.60. The van der Waals surface area contributed by atoms with Gasteiger partial charge in [-0.15, -0.1) is 0 Å². The molecule has 1 aromatic carbocycles. The Labute approximate surface area is 121 Å². The molecule has 0 spiro atoms. The Balaban J connectivity index is 2.51. The van der Waals surface area contributed by atoms with Gasteiger partial charge in [0, 0.05) is 6.54 Å². The zero-order valence-electron chi connectivity index (χ0n) is 11.9. The normalized spacial score (nSPS) is 11.1. The van der Waals surface area contributed by atoms with Gasteiger partial charge in [0.2, 0.25) is 0 Å². The monoisotopic (exact) mass is 305 g/mol. The van der Waals surface area contributed by atoms with E-state index in [9.17, 15) is 18.0 Å². The maximum Gasteiger partial charge on any atom is 0.406 e. The number of alkyl halides is 3. The Bertz CT molecular complexity index is 446. The number of ether oxygens (including phenoxy) is 2. The number of carbonyl (C=O) groups excluding carboxylic acids is 1. The van der Waals surface area contributed by atoms with E-state index in [1.165, 1.54) is 6.92 Å². The summed E-state index contributed by atoms with van der Waals surface area (Å²) >= 11 is 0. The summed E-state index contributed by atoms with van der Waals surface area (Å²) in [6.07, 6.45) is -4.41. The number of rotatable bonds is 7. The Morgan fingerprint density at radius 3 is 2.05 bits per heavy atom. The number of benzene rings is 1. The van der Waals surface area contributed by atoms with Crippen LogP contribution < -0.4 is 9.47 Å². The first-order chi connectivity index (χ1) is 9.85. The number of hydrogen-bond donors (Lipinski definition) is 0. The molecule has 0 aliphatic rings. The number of halogens is 3. The van der Waals surface area contributed by atoms with Crippen LogP contribution in [0.15, 0.2) is 24.3 Å². The zero-order chi connectivity index (χ0) is 15.9. The molecule has 0 aliphatic carbocycles. The Kier molecular flexibility index (Phi) is 6.33. The Hall–Kier alpha value is -1.92. The summed E-state index contributed by atoms with van der Waals surface area (Å²) < 4.78 is 47.3. The third-order valence-corrected chi connectivity index (χ3v) is 2.60. The minimum Gasteiger partial charge on any atom is -0.494 e. The lowest BCUT2D eigenvalue weighted by Gasteiger charge is -2.22. The van der Waals surface area contributed by atoms with Crippen molar-refractivity contribution in [2.45, 2.75) is 20.0 Å². The van der Waals surface area contributed by atoms with Crippen LogP contribution in [0, 0.1) is 0 Å². The van der Waals surface area contributed by atoms with Crippen LogP contribution in [0.5, 0.6) is 11.5 Å². The molecule has 0 N–H and O–H groups in total. The highest BCUT2D eigenvalue weighted by Crippen LogP contribution is 2.19. The molecular formula is C14H18F3NO3. The van der Waals surface area contributed by atoms with Crippen molar-refractivity contribution in [3.8, 4) is 11.5 Å². The summed E-state index contributed by atoms with van der Waals surface area (Å²) in [7, 11) is 0. The van der Waals surface area contributed by atoms with E-state index in [0.717, 1.165) is 0 Å². The lowest BCUT2D eigenvalue weighted by molar-refractivity contribution is -0.161. The molecule has 118 valence electrons. The molecule has 4 nitrogen and oxygen atoms in total. The van der Waals surface area contributed by atoms with Gasteiger partial charge in [0.15, 0.2) is 6.61 Å². The first-order valence-electron chi connectivity index (χ1n) is 6.56. The van der Waals surface area contributed by atoms with Crippen LogP contribution in [0.25, 0.3) is 0 Å². The van der Waals surface area contributed by atoms with Crippen LogP contribution in [-0.4, -0.2) is 43.3 Å². The molecular weight excluding hydrogens is 287 g/mol. The van der Waals surface area contributed by atoms with E-state index in [0.29, 0.717) is 23.0 Å².